The Morgan fingerprint density at radius 1 is 1.15 bits per heavy atom. The van der Waals surface area contributed by atoms with E-state index in [0.717, 1.165) is 16.9 Å². The second-order valence-corrected chi connectivity index (χ2v) is 6.93. The zero-order valence-corrected chi connectivity index (χ0v) is 14.7. The second kappa shape index (κ2) is 7.05. The summed E-state index contributed by atoms with van der Waals surface area (Å²) in [4.78, 5) is 35.3. The molecule has 130 valence electrons. The van der Waals surface area contributed by atoms with Crippen molar-refractivity contribution >= 4 is 28.8 Å². The second-order valence-electron chi connectivity index (χ2n) is 5.98. The molecule has 1 aromatic carbocycles. The number of hydrogen-bond acceptors (Lipinski definition) is 5. The highest BCUT2D eigenvalue weighted by Gasteiger charge is 2.22. The highest BCUT2D eigenvalue weighted by Crippen LogP contribution is 2.25. The molecule has 0 saturated heterocycles. The summed E-state index contributed by atoms with van der Waals surface area (Å²) in [5.41, 5.74) is 3.21. The van der Waals surface area contributed by atoms with Crippen LogP contribution in [0.1, 0.15) is 31.3 Å². The molecule has 26 heavy (non-hydrogen) atoms. The van der Waals surface area contributed by atoms with E-state index in [1.54, 1.807) is 0 Å². The summed E-state index contributed by atoms with van der Waals surface area (Å²) in [6.45, 7) is 1.25. The first-order chi connectivity index (χ1) is 12.7. The fourth-order valence-electron chi connectivity index (χ4n) is 2.98. The number of nitrogens with one attached hydrogen (secondary N) is 1. The number of hydrogen-bond donors (Lipinski definition) is 1. The Hall–Kier alpha value is -3.06. The lowest BCUT2D eigenvalue weighted by atomic mass is 9.99. The molecule has 1 aliphatic heterocycles. The summed E-state index contributed by atoms with van der Waals surface area (Å²) in [7, 11) is 0. The van der Waals surface area contributed by atoms with Gasteiger partial charge in [0.25, 0.3) is 11.8 Å². The van der Waals surface area contributed by atoms with Crippen molar-refractivity contribution in [2.24, 2.45) is 0 Å². The van der Waals surface area contributed by atoms with E-state index in [0.29, 0.717) is 18.8 Å². The molecule has 0 saturated carbocycles. The van der Waals surface area contributed by atoms with E-state index in [1.165, 1.54) is 35.5 Å². The molecule has 0 spiro atoms. The smallest absolute Gasteiger partial charge is 0.275 e. The van der Waals surface area contributed by atoms with Crippen LogP contribution in [0, 0.1) is 0 Å². The average Bonchev–Trinajstić information content (AvgIpc) is 3.22. The van der Waals surface area contributed by atoms with Gasteiger partial charge in [-0.3, -0.25) is 14.6 Å². The van der Waals surface area contributed by atoms with Gasteiger partial charge >= 0.3 is 0 Å². The zero-order valence-electron chi connectivity index (χ0n) is 13.9. The average molecular weight is 364 g/mol. The van der Waals surface area contributed by atoms with Crippen molar-refractivity contribution in [1.29, 1.82) is 0 Å². The number of benzene rings is 1. The highest BCUT2D eigenvalue weighted by atomic mass is 32.1. The number of aromatic nitrogens is 2. The third-order valence-corrected chi connectivity index (χ3v) is 5.15. The van der Waals surface area contributed by atoms with E-state index in [2.05, 4.69) is 15.3 Å². The summed E-state index contributed by atoms with van der Waals surface area (Å²) in [6, 6.07) is 9.55. The van der Waals surface area contributed by atoms with Crippen LogP contribution in [0.4, 0.5) is 5.69 Å². The van der Waals surface area contributed by atoms with Crippen LogP contribution in [-0.2, 0) is 13.0 Å². The molecule has 3 heterocycles. The fourth-order valence-corrected chi connectivity index (χ4v) is 3.67. The lowest BCUT2D eigenvalue weighted by molar-refractivity contribution is 0.0739. The van der Waals surface area contributed by atoms with Gasteiger partial charge in [-0.25, -0.2) is 4.98 Å². The summed E-state index contributed by atoms with van der Waals surface area (Å²) < 4.78 is 0. The number of anilines is 1. The minimum absolute atomic E-state index is 0.0552. The van der Waals surface area contributed by atoms with Crippen molar-refractivity contribution in [3.63, 3.8) is 0 Å². The molecule has 0 radical (unpaired) electrons. The van der Waals surface area contributed by atoms with Crippen molar-refractivity contribution in [2.45, 2.75) is 13.0 Å². The minimum Gasteiger partial charge on any atom is -0.333 e. The van der Waals surface area contributed by atoms with Crippen molar-refractivity contribution in [3.05, 3.63) is 76.0 Å². The van der Waals surface area contributed by atoms with E-state index in [-0.39, 0.29) is 17.5 Å². The SMILES string of the molecule is O=C(Nc1ccc2c(c1)CN(C(=O)c1cccs1)CC2)c1cnccn1. The fraction of sp³-hybridized carbons (Fsp3) is 0.158. The molecule has 1 N–H and O–H groups in total. The van der Waals surface area contributed by atoms with Crippen LogP contribution in [0.5, 0.6) is 0 Å². The first kappa shape index (κ1) is 16.4. The Labute approximate surface area is 154 Å². The van der Waals surface area contributed by atoms with Gasteiger partial charge in [-0.15, -0.1) is 11.3 Å². The van der Waals surface area contributed by atoms with E-state index >= 15 is 0 Å². The molecule has 7 heteroatoms. The number of carbonyl (C=O) groups excluding carboxylic acids is 2. The number of fused-ring (bicyclic) bond motifs is 1. The number of rotatable bonds is 3. The van der Waals surface area contributed by atoms with Crippen LogP contribution in [0.25, 0.3) is 0 Å². The first-order valence-corrected chi connectivity index (χ1v) is 9.10. The van der Waals surface area contributed by atoms with Crippen molar-refractivity contribution in [3.8, 4) is 0 Å². The van der Waals surface area contributed by atoms with Crippen molar-refractivity contribution in [2.75, 3.05) is 11.9 Å². The molecule has 0 atom stereocenters. The summed E-state index contributed by atoms with van der Waals surface area (Å²) in [5, 5.41) is 4.75. The van der Waals surface area contributed by atoms with Crippen LogP contribution >= 0.6 is 11.3 Å². The third kappa shape index (κ3) is 3.34. The maximum atomic E-state index is 12.6. The van der Waals surface area contributed by atoms with Crippen molar-refractivity contribution < 1.29 is 9.59 Å². The Morgan fingerprint density at radius 2 is 2.08 bits per heavy atom. The zero-order chi connectivity index (χ0) is 17.9. The molecular weight excluding hydrogens is 348 g/mol. The molecule has 2 aromatic heterocycles. The summed E-state index contributed by atoms with van der Waals surface area (Å²) >= 11 is 1.45. The Balaban J connectivity index is 1.51. The van der Waals surface area contributed by atoms with E-state index in [9.17, 15) is 9.59 Å². The molecule has 0 unspecified atom stereocenters. The van der Waals surface area contributed by atoms with Gasteiger partial charge in [0.1, 0.15) is 5.69 Å². The Bertz CT molecular complexity index is 941. The topological polar surface area (TPSA) is 75.2 Å². The van der Waals surface area contributed by atoms with E-state index in [1.807, 2.05) is 40.6 Å². The van der Waals surface area contributed by atoms with Crippen LogP contribution in [0.15, 0.2) is 54.3 Å². The molecule has 0 bridgehead atoms. The van der Waals surface area contributed by atoms with Crippen molar-refractivity contribution in [1.82, 2.24) is 14.9 Å². The van der Waals surface area contributed by atoms with Crippen LogP contribution in [0.3, 0.4) is 0 Å². The number of nitrogens with zero attached hydrogens (tertiary/aromatic N) is 3. The lowest BCUT2D eigenvalue weighted by Gasteiger charge is -2.29. The van der Waals surface area contributed by atoms with Gasteiger partial charge in [0.2, 0.25) is 0 Å². The Morgan fingerprint density at radius 3 is 2.85 bits per heavy atom. The standard InChI is InChI=1S/C19H16N4O2S/c24-18(16-11-20-6-7-21-16)22-15-4-3-13-5-8-23(12-14(13)10-15)19(25)17-2-1-9-26-17/h1-4,6-7,9-11H,5,8,12H2,(H,22,24). The third-order valence-electron chi connectivity index (χ3n) is 4.29. The predicted molar refractivity (Wildman–Crippen MR) is 99.2 cm³/mol. The monoisotopic (exact) mass is 364 g/mol. The van der Waals surface area contributed by atoms with Gasteiger partial charge in [-0.1, -0.05) is 12.1 Å². The molecule has 6 nitrogen and oxygen atoms in total. The first-order valence-electron chi connectivity index (χ1n) is 8.22. The van der Waals surface area contributed by atoms with Gasteiger partial charge in [-0.05, 0) is 41.1 Å². The molecule has 4 rings (SSSR count). The highest BCUT2D eigenvalue weighted by molar-refractivity contribution is 7.12. The number of carbonyl (C=O) groups is 2. The summed E-state index contributed by atoms with van der Waals surface area (Å²) in [6.07, 6.45) is 5.24. The largest absolute Gasteiger partial charge is 0.333 e. The maximum Gasteiger partial charge on any atom is 0.275 e. The number of amides is 2. The summed E-state index contributed by atoms with van der Waals surface area (Å²) in [5.74, 6) is -0.250. The van der Waals surface area contributed by atoms with Gasteiger partial charge in [0.05, 0.1) is 11.1 Å². The van der Waals surface area contributed by atoms with Gasteiger partial charge in [0.15, 0.2) is 0 Å². The van der Waals surface area contributed by atoms with Gasteiger partial charge in [0, 0.05) is 31.2 Å². The molecular formula is C19H16N4O2S. The van der Waals surface area contributed by atoms with E-state index in [4.69, 9.17) is 0 Å². The Kier molecular flexibility index (Phi) is 4.45. The van der Waals surface area contributed by atoms with Gasteiger partial charge < -0.3 is 10.2 Å². The van der Waals surface area contributed by atoms with E-state index < -0.39 is 0 Å². The van der Waals surface area contributed by atoms with Crippen LogP contribution in [0.2, 0.25) is 0 Å². The van der Waals surface area contributed by atoms with Crippen LogP contribution < -0.4 is 5.32 Å². The molecule has 0 aliphatic carbocycles. The molecule has 1 aliphatic rings. The number of thiophene rings is 1. The minimum atomic E-state index is -0.305. The predicted octanol–water partition coefficient (Wildman–Crippen LogP) is 2.99. The quantitative estimate of drug-likeness (QED) is 0.775. The molecule has 2 amide bonds. The molecule has 3 aromatic rings. The normalized spacial score (nSPS) is 13.2. The van der Waals surface area contributed by atoms with Crippen LogP contribution in [-0.4, -0.2) is 33.2 Å². The lowest BCUT2D eigenvalue weighted by Crippen LogP contribution is -2.35. The van der Waals surface area contributed by atoms with Gasteiger partial charge in [-0.2, -0.15) is 0 Å². The maximum absolute atomic E-state index is 12.6. The molecule has 0 fully saturated rings.